The molecule has 2 rings (SSSR count). The molecule has 94 valence electrons. The van der Waals surface area contributed by atoms with E-state index in [1.54, 1.807) is 11.3 Å². The molecule has 4 heteroatoms. The van der Waals surface area contributed by atoms with Crippen molar-refractivity contribution in [2.24, 2.45) is 0 Å². The van der Waals surface area contributed by atoms with E-state index in [2.05, 4.69) is 5.32 Å². The maximum absolute atomic E-state index is 11.7. The minimum atomic E-state index is -0.741. The average Bonchev–Trinajstić information content (AvgIpc) is 2.90. The van der Waals surface area contributed by atoms with E-state index in [0.29, 0.717) is 6.54 Å². The highest BCUT2D eigenvalue weighted by atomic mass is 32.1. The van der Waals surface area contributed by atoms with E-state index in [9.17, 15) is 9.90 Å². The van der Waals surface area contributed by atoms with E-state index in [4.69, 9.17) is 0 Å². The lowest BCUT2D eigenvalue weighted by Crippen LogP contribution is -2.24. The van der Waals surface area contributed by atoms with Crippen LogP contribution in [0.1, 0.15) is 23.0 Å². The number of aliphatic hydroxyl groups is 1. The van der Waals surface area contributed by atoms with Crippen LogP contribution >= 0.6 is 11.3 Å². The summed E-state index contributed by atoms with van der Waals surface area (Å²) >= 11 is 1.60. The maximum atomic E-state index is 11.7. The smallest absolute Gasteiger partial charge is 0.223 e. The molecule has 1 heterocycles. The first kappa shape index (κ1) is 12.8. The van der Waals surface area contributed by atoms with Crippen molar-refractivity contribution in [2.45, 2.75) is 19.1 Å². The van der Waals surface area contributed by atoms with Gasteiger partial charge in [-0.3, -0.25) is 4.79 Å². The predicted molar refractivity (Wildman–Crippen MR) is 72.2 cm³/mol. The van der Waals surface area contributed by atoms with Crippen LogP contribution in [0.2, 0.25) is 0 Å². The number of aliphatic hydroxyl groups excluding tert-OH is 1. The van der Waals surface area contributed by atoms with Crippen LogP contribution in [0.25, 0.3) is 0 Å². The molecule has 0 saturated heterocycles. The second kappa shape index (κ2) is 6.33. The van der Waals surface area contributed by atoms with Crippen molar-refractivity contribution >= 4 is 17.2 Å². The lowest BCUT2D eigenvalue weighted by Gasteiger charge is -2.10. The Morgan fingerprint density at radius 3 is 2.67 bits per heavy atom. The fourth-order valence-corrected chi connectivity index (χ4v) is 2.28. The monoisotopic (exact) mass is 261 g/mol. The molecule has 0 radical (unpaired) electrons. The summed E-state index contributed by atoms with van der Waals surface area (Å²) in [6.45, 7) is 0.526. The molecule has 0 bridgehead atoms. The number of carbonyl (C=O) groups is 1. The third kappa shape index (κ3) is 3.68. The zero-order chi connectivity index (χ0) is 12.8. The average molecular weight is 261 g/mol. The molecule has 18 heavy (non-hydrogen) atoms. The number of amides is 1. The Balaban J connectivity index is 1.80. The van der Waals surface area contributed by atoms with E-state index in [-0.39, 0.29) is 12.3 Å². The first-order valence-electron chi connectivity index (χ1n) is 5.78. The number of rotatable bonds is 5. The Labute approximate surface area is 110 Å². The molecule has 1 atom stereocenters. The number of carbonyl (C=O) groups excluding carboxylic acids is 1. The standard InChI is InChI=1S/C14H15NO2S/c16-13(11-5-2-1-3-6-11)9-14(17)15-10-12-7-4-8-18-12/h1-8,13,16H,9-10H2,(H,15,17). The molecule has 2 N–H and O–H groups in total. The van der Waals surface area contributed by atoms with Gasteiger partial charge in [0.2, 0.25) is 5.91 Å². The Hall–Kier alpha value is -1.65. The van der Waals surface area contributed by atoms with Gasteiger partial charge in [-0.05, 0) is 17.0 Å². The van der Waals surface area contributed by atoms with Gasteiger partial charge in [0, 0.05) is 4.88 Å². The quantitative estimate of drug-likeness (QED) is 0.868. The highest BCUT2D eigenvalue weighted by Gasteiger charge is 2.12. The molecule has 0 fully saturated rings. The van der Waals surface area contributed by atoms with Crippen molar-refractivity contribution in [3.05, 3.63) is 58.3 Å². The lowest BCUT2D eigenvalue weighted by atomic mass is 10.1. The summed E-state index contributed by atoms with van der Waals surface area (Å²) < 4.78 is 0. The van der Waals surface area contributed by atoms with Gasteiger partial charge < -0.3 is 10.4 Å². The molecule has 1 unspecified atom stereocenters. The van der Waals surface area contributed by atoms with Gasteiger partial charge >= 0.3 is 0 Å². The molecule has 0 aliphatic carbocycles. The fraction of sp³-hybridized carbons (Fsp3) is 0.214. The zero-order valence-electron chi connectivity index (χ0n) is 9.87. The third-order valence-corrected chi connectivity index (χ3v) is 3.48. The molecule has 1 aromatic carbocycles. The second-order valence-corrected chi connectivity index (χ2v) is 5.02. The van der Waals surface area contributed by atoms with E-state index in [0.717, 1.165) is 10.4 Å². The van der Waals surface area contributed by atoms with Crippen LogP contribution in [-0.2, 0) is 11.3 Å². The molecule has 0 aliphatic heterocycles. The summed E-state index contributed by atoms with van der Waals surface area (Å²) in [5.41, 5.74) is 0.767. The summed E-state index contributed by atoms with van der Waals surface area (Å²) in [5, 5.41) is 14.7. The van der Waals surface area contributed by atoms with E-state index in [1.165, 1.54) is 0 Å². The van der Waals surface area contributed by atoms with E-state index >= 15 is 0 Å². The normalized spacial score (nSPS) is 12.1. The highest BCUT2D eigenvalue weighted by molar-refractivity contribution is 7.09. The minimum Gasteiger partial charge on any atom is -0.388 e. The van der Waals surface area contributed by atoms with E-state index < -0.39 is 6.10 Å². The van der Waals surface area contributed by atoms with Crippen LogP contribution in [0.5, 0.6) is 0 Å². The molecule has 0 saturated carbocycles. The van der Waals surface area contributed by atoms with Crippen LogP contribution in [0, 0.1) is 0 Å². The summed E-state index contributed by atoms with van der Waals surface area (Å²) in [4.78, 5) is 12.8. The molecule has 3 nitrogen and oxygen atoms in total. The molecule has 1 aromatic heterocycles. The molecule has 1 amide bonds. The molecule has 2 aromatic rings. The second-order valence-electron chi connectivity index (χ2n) is 3.99. The SMILES string of the molecule is O=C(CC(O)c1ccccc1)NCc1cccs1. The molecule has 0 aliphatic rings. The first-order chi connectivity index (χ1) is 8.75. The summed E-state index contributed by atoms with van der Waals surface area (Å²) in [6, 6.07) is 13.1. The van der Waals surface area contributed by atoms with E-state index in [1.807, 2.05) is 47.8 Å². The summed E-state index contributed by atoms with van der Waals surface area (Å²) in [6.07, 6.45) is -0.649. The van der Waals surface area contributed by atoms with Crippen LogP contribution < -0.4 is 5.32 Å². The Morgan fingerprint density at radius 1 is 1.22 bits per heavy atom. The van der Waals surface area contributed by atoms with Gasteiger partial charge in [0.1, 0.15) is 0 Å². The topological polar surface area (TPSA) is 49.3 Å². The number of hydrogen-bond acceptors (Lipinski definition) is 3. The van der Waals surface area contributed by atoms with Crippen LogP contribution in [0.3, 0.4) is 0 Å². The van der Waals surface area contributed by atoms with Crippen LogP contribution in [-0.4, -0.2) is 11.0 Å². The van der Waals surface area contributed by atoms with Crippen molar-refractivity contribution in [1.82, 2.24) is 5.32 Å². The fourth-order valence-electron chi connectivity index (χ4n) is 1.64. The molecule has 0 spiro atoms. The summed E-state index contributed by atoms with van der Waals surface area (Å²) in [7, 11) is 0. The first-order valence-corrected chi connectivity index (χ1v) is 6.66. The van der Waals surface area contributed by atoms with Gasteiger partial charge in [-0.1, -0.05) is 36.4 Å². The molecular weight excluding hydrogens is 246 g/mol. The molecular formula is C14H15NO2S. The third-order valence-electron chi connectivity index (χ3n) is 2.60. The van der Waals surface area contributed by atoms with Crippen LogP contribution in [0.15, 0.2) is 47.8 Å². The highest BCUT2D eigenvalue weighted by Crippen LogP contribution is 2.15. The zero-order valence-corrected chi connectivity index (χ0v) is 10.7. The number of benzene rings is 1. The number of thiophene rings is 1. The van der Waals surface area contributed by atoms with Crippen molar-refractivity contribution in [3.63, 3.8) is 0 Å². The lowest BCUT2D eigenvalue weighted by molar-refractivity contribution is -0.123. The predicted octanol–water partition coefficient (Wildman–Crippen LogP) is 2.49. The van der Waals surface area contributed by atoms with Gasteiger partial charge in [-0.2, -0.15) is 0 Å². The number of hydrogen-bond donors (Lipinski definition) is 2. The van der Waals surface area contributed by atoms with Crippen LogP contribution in [0.4, 0.5) is 0 Å². The van der Waals surface area contributed by atoms with Crippen molar-refractivity contribution in [1.29, 1.82) is 0 Å². The Kier molecular flexibility index (Phi) is 4.50. The Bertz CT molecular complexity index is 482. The number of nitrogens with one attached hydrogen (secondary N) is 1. The summed E-state index contributed by atoms with van der Waals surface area (Å²) in [5.74, 6) is -0.139. The Morgan fingerprint density at radius 2 is 2.00 bits per heavy atom. The maximum Gasteiger partial charge on any atom is 0.223 e. The van der Waals surface area contributed by atoms with Gasteiger partial charge in [0.15, 0.2) is 0 Å². The van der Waals surface area contributed by atoms with Gasteiger partial charge in [-0.25, -0.2) is 0 Å². The van der Waals surface area contributed by atoms with Gasteiger partial charge in [-0.15, -0.1) is 11.3 Å². The largest absolute Gasteiger partial charge is 0.388 e. The van der Waals surface area contributed by atoms with Crippen molar-refractivity contribution < 1.29 is 9.90 Å². The van der Waals surface area contributed by atoms with Crippen molar-refractivity contribution in [3.8, 4) is 0 Å². The van der Waals surface area contributed by atoms with Gasteiger partial charge in [0.25, 0.3) is 0 Å². The minimum absolute atomic E-state index is 0.0926. The van der Waals surface area contributed by atoms with Gasteiger partial charge in [0.05, 0.1) is 19.1 Å². The van der Waals surface area contributed by atoms with Crippen molar-refractivity contribution in [2.75, 3.05) is 0 Å².